The number of aliphatic hydroxyl groups excluding tert-OH is 1. The van der Waals surface area contributed by atoms with Gasteiger partial charge in [0.25, 0.3) is 5.91 Å². The third-order valence-corrected chi connectivity index (χ3v) is 5.11. The number of anilines is 1. The highest BCUT2D eigenvalue weighted by Crippen LogP contribution is 2.30. The number of rotatable bonds is 4. The van der Waals surface area contributed by atoms with E-state index in [1.165, 1.54) is 0 Å². The molecule has 22 heavy (non-hydrogen) atoms. The van der Waals surface area contributed by atoms with Crippen molar-refractivity contribution in [2.24, 2.45) is 0 Å². The maximum Gasteiger partial charge on any atom is 0.254 e. The monoisotopic (exact) mass is 316 g/mol. The van der Waals surface area contributed by atoms with Crippen LogP contribution < -0.4 is 5.73 Å². The van der Waals surface area contributed by atoms with Gasteiger partial charge in [0.15, 0.2) is 0 Å². The van der Waals surface area contributed by atoms with Crippen molar-refractivity contribution in [3.05, 3.63) is 52.2 Å². The fraction of sp³-hybridized carbons (Fsp3) is 0.353. The van der Waals surface area contributed by atoms with Gasteiger partial charge in [-0.25, -0.2) is 0 Å². The van der Waals surface area contributed by atoms with Crippen molar-refractivity contribution in [1.82, 2.24) is 4.90 Å². The Morgan fingerprint density at radius 1 is 1.41 bits per heavy atom. The number of carbonyl (C=O) groups is 1. The molecule has 2 aromatic rings. The number of thiophene rings is 1. The van der Waals surface area contributed by atoms with E-state index in [1.807, 2.05) is 22.4 Å². The summed E-state index contributed by atoms with van der Waals surface area (Å²) in [7, 11) is 0. The molecule has 2 atom stereocenters. The van der Waals surface area contributed by atoms with Gasteiger partial charge >= 0.3 is 0 Å². The van der Waals surface area contributed by atoms with Gasteiger partial charge < -0.3 is 15.7 Å². The number of nitrogens with two attached hydrogens (primary N) is 1. The molecule has 1 amide bonds. The predicted octanol–water partition coefficient (Wildman–Crippen LogP) is 3.06. The van der Waals surface area contributed by atoms with Crippen LogP contribution in [0.25, 0.3) is 0 Å². The van der Waals surface area contributed by atoms with Crippen LogP contribution in [-0.2, 0) is 0 Å². The summed E-state index contributed by atoms with van der Waals surface area (Å²) in [5, 5.41) is 12.3. The van der Waals surface area contributed by atoms with E-state index >= 15 is 0 Å². The second-order valence-corrected chi connectivity index (χ2v) is 6.67. The van der Waals surface area contributed by atoms with Gasteiger partial charge in [0.1, 0.15) is 0 Å². The lowest BCUT2D eigenvalue weighted by Gasteiger charge is -2.26. The van der Waals surface area contributed by atoms with E-state index in [0.717, 1.165) is 24.3 Å². The van der Waals surface area contributed by atoms with Gasteiger partial charge in [0.2, 0.25) is 0 Å². The second kappa shape index (κ2) is 6.50. The van der Waals surface area contributed by atoms with Crippen LogP contribution in [0.4, 0.5) is 5.69 Å². The quantitative estimate of drug-likeness (QED) is 0.852. The smallest absolute Gasteiger partial charge is 0.254 e. The SMILES string of the molecule is Nc1cccc(C(=O)N2CCCC2CC(O)c2cccs2)c1. The van der Waals surface area contributed by atoms with Crippen molar-refractivity contribution in [2.45, 2.75) is 31.4 Å². The summed E-state index contributed by atoms with van der Waals surface area (Å²) in [6.07, 6.45) is 2.01. The number of nitrogens with zero attached hydrogens (tertiary/aromatic N) is 1. The summed E-state index contributed by atoms with van der Waals surface area (Å²) >= 11 is 1.55. The first-order valence-electron chi connectivity index (χ1n) is 7.53. The van der Waals surface area contributed by atoms with Crippen LogP contribution in [0.5, 0.6) is 0 Å². The van der Waals surface area contributed by atoms with Crippen molar-refractivity contribution < 1.29 is 9.90 Å². The molecule has 0 bridgehead atoms. The average molecular weight is 316 g/mol. The summed E-state index contributed by atoms with van der Waals surface area (Å²) in [5.41, 5.74) is 6.99. The Labute approximate surface area is 134 Å². The van der Waals surface area contributed by atoms with E-state index in [1.54, 1.807) is 35.6 Å². The van der Waals surface area contributed by atoms with E-state index in [-0.39, 0.29) is 11.9 Å². The summed E-state index contributed by atoms with van der Waals surface area (Å²) in [5.74, 6) is 0.00757. The highest BCUT2D eigenvalue weighted by molar-refractivity contribution is 7.10. The minimum absolute atomic E-state index is 0.00757. The van der Waals surface area contributed by atoms with Gasteiger partial charge in [-0.2, -0.15) is 0 Å². The number of hydrogen-bond donors (Lipinski definition) is 2. The molecule has 1 aromatic carbocycles. The maximum absolute atomic E-state index is 12.7. The minimum atomic E-state index is -0.501. The molecule has 2 unspecified atom stereocenters. The molecule has 3 rings (SSSR count). The van der Waals surface area contributed by atoms with E-state index in [4.69, 9.17) is 5.73 Å². The largest absolute Gasteiger partial charge is 0.399 e. The third kappa shape index (κ3) is 3.15. The summed E-state index contributed by atoms with van der Waals surface area (Å²) < 4.78 is 0. The molecule has 1 aliphatic heterocycles. The molecule has 2 heterocycles. The van der Waals surface area contributed by atoms with Gasteiger partial charge in [0, 0.05) is 28.7 Å². The fourth-order valence-electron chi connectivity index (χ4n) is 3.04. The number of aliphatic hydroxyl groups is 1. The first-order valence-corrected chi connectivity index (χ1v) is 8.41. The Balaban J connectivity index is 1.71. The van der Waals surface area contributed by atoms with E-state index in [9.17, 15) is 9.90 Å². The highest BCUT2D eigenvalue weighted by Gasteiger charge is 2.31. The lowest BCUT2D eigenvalue weighted by molar-refractivity contribution is 0.0670. The first kappa shape index (κ1) is 15.1. The summed E-state index contributed by atoms with van der Waals surface area (Å²) in [6, 6.07) is 11.1. The Morgan fingerprint density at radius 2 is 2.27 bits per heavy atom. The lowest BCUT2D eigenvalue weighted by Crippen LogP contribution is -2.36. The van der Waals surface area contributed by atoms with Crippen LogP contribution in [0.15, 0.2) is 41.8 Å². The van der Waals surface area contributed by atoms with E-state index in [2.05, 4.69) is 0 Å². The standard InChI is InChI=1S/C17H20N2O2S/c18-13-5-1-4-12(10-13)17(21)19-8-2-6-14(19)11-15(20)16-7-3-9-22-16/h1,3-5,7,9-10,14-15,20H,2,6,8,11,18H2. The Bertz CT molecular complexity index is 642. The molecule has 5 heteroatoms. The van der Waals surface area contributed by atoms with Crippen molar-refractivity contribution in [2.75, 3.05) is 12.3 Å². The predicted molar refractivity (Wildman–Crippen MR) is 88.8 cm³/mol. The molecule has 0 aliphatic carbocycles. The van der Waals surface area contributed by atoms with Gasteiger partial charge in [-0.1, -0.05) is 12.1 Å². The Hall–Kier alpha value is -1.85. The van der Waals surface area contributed by atoms with E-state index < -0.39 is 6.10 Å². The summed E-state index contributed by atoms with van der Waals surface area (Å²) in [4.78, 5) is 15.5. The number of nitrogen functional groups attached to an aromatic ring is 1. The molecule has 1 saturated heterocycles. The maximum atomic E-state index is 12.7. The molecule has 116 valence electrons. The van der Waals surface area contributed by atoms with Crippen LogP contribution >= 0.6 is 11.3 Å². The number of likely N-dealkylation sites (tertiary alicyclic amines) is 1. The molecule has 0 radical (unpaired) electrons. The topological polar surface area (TPSA) is 66.6 Å². The second-order valence-electron chi connectivity index (χ2n) is 5.69. The van der Waals surface area contributed by atoms with Crippen LogP contribution in [0.3, 0.4) is 0 Å². The molecule has 3 N–H and O–H groups in total. The summed E-state index contributed by atoms with van der Waals surface area (Å²) in [6.45, 7) is 0.745. The normalized spacial score (nSPS) is 19.3. The van der Waals surface area contributed by atoms with Crippen molar-refractivity contribution >= 4 is 22.9 Å². The molecular weight excluding hydrogens is 296 g/mol. The fourth-order valence-corrected chi connectivity index (χ4v) is 3.77. The van der Waals surface area contributed by atoms with Crippen LogP contribution in [0.2, 0.25) is 0 Å². The molecule has 1 fully saturated rings. The first-order chi connectivity index (χ1) is 10.6. The number of carbonyl (C=O) groups excluding carboxylic acids is 1. The van der Waals surface area contributed by atoms with Crippen LogP contribution in [0.1, 0.15) is 40.6 Å². The van der Waals surface area contributed by atoms with E-state index in [0.29, 0.717) is 17.7 Å². The minimum Gasteiger partial charge on any atom is -0.399 e. The zero-order chi connectivity index (χ0) is 15.5. The molecular formula is C17H20N2O2S. The average Bonchev–Trinajstić information content (AvgIpc) is 3.18. The molecule has 0 saturated carbocycles. The van der Waals surface area contributed by atoms with Crippen molar-refractivity contribution in [1.29, 1.82) is 0 Å². The zero-order valence-corrected chi connectivity index (χ0v) is 13.1. The lowest BCUT2D eigenvalue weighted by atomic mass is 10.0. The number of amides is 1. The molecule has 1 aromatic heterocycles. The third-order valence-electron chi connectivity index (χ3n) is 4.14. The van der Waals surface area contributed by atoms with Crippen LogP contribution in [0, 0.1) is 0 Å². The Kier molecular flexibility index (Phi) is 4.45. The van der Waals surface area contributed by atoms with Crippen molar-refractivity contribution in [3.63, 3.8) is 0 Å². The van der Waals surface area contributed by atoms with Crippen molar-refractivity contribution in [3.8, 4) is 0 Å². The van der Waals surface area contributed by atoms with Gasteiger partial charge in [-0.15, -0.1) is 11.3 Å². The molecule has 4 nitrogen and oxygen atoms in total. The Morgan fingerprint density at radius 3 is 3.00 bits per heavy atom. The van der Waals surface area contributed by atoms with Crippen LogP contribution in [-0.4, -0.2) is 28.5 Å². The molecule has 1 aliphatic rings. The van der Waals surface area contributed by atoms with Gasteiger partial charge in [0.05, 0.1) is 6.10 Å². The zero-order valence-electron chi connectivity index (χ0n) is 12.3. The van der Waals surface area contributed by atoms with Gasteiger partial charge in [-0.05, 0) is 48.9 Å². The highest BCUT2D eigenvalue weighted by atomic mass is 32.1. The van der Waals surface area contributed by atoms with Gasteiger partial charge in [-0.3, -0.25) is 4.79 Å². The number of hydrogen-bond acceptors (Lipinski definition) is 4. The number of benzene rings is 1. The molecule has 0 spiro atoms.